The number of rotatable bonds is 1. The lowest BCUT2D eigenvalue weighted by atomic mass is 9.95. The molecule has 5 heteroatoms. The second kappa shape index (κ2) is 4.33. The predicted octanol–water partition coefficient (Wildman–Crippen LogP) is 2.56. The Balaban J connectivity index is 2.55. The monoisotopic (exact) mass is 246 g/mol. The van der Waals surface area contributed by atoms with E-state index >= 15 is 0 Å². The quantitative estimate of drug-likeness (QED) is 0.839. The van der Waals surface area contributed by atoms with Crippen molar-refractivity contribution in [2.24, 2.45) is 0 Å². The number of anilines is 1. The number of hydrogen-bond donors (Lipinski definition) is 1. The van der Waals surface area contributed by atoms with Gasteiger partial charge in [0.15, 0.2) is 0 Å². The molecule has 0 aliphatic rings. The molecule has 0 aliphatic heterocycles. The summed E-state index contributed by atoms with van der Waals surface area (Å²) in [6.07, 6.45) is 2.70. The Bertz CT molecular complexity index is 575. The average Bonchev–Trinajstić information content (AvgIpc) is 2.27. The molecule has 0 aromatic carbocycles. The van der Waals surface area contributed by atoms with Gasteiger partial charge in [0.05, 0.1) is 11.9 Å². The number of halogens is 1. The van der Waals surface area contributed by atoms with E-state index in [1.54, 1.807) is 12.3 Å². The summed E-state index contributed by atoms with van der Waals surface area (Å²) < 4.78 is 13.2. The summed E-state index contributed by atoms with van der Waals surface area (Å²) in [6, 6.07) is 2.99. The van der Waals surface area contributed by atoms with Gasteiger partial charge in [0.2, 0.25) is 0 Å². The van der Waals surface area contributed by atoms with E-state index in [0.29, 0.717) is 22.9 Å². The molecule has 0 unspecified atom stereocenters. The first-order valence-electron chi connectivity index (χ1n) is 5.62. The first-order valence-corrected chi connectivity index (χ1v) is 5.62. The van der Waals surface area contributed by atoms with Crippen LogP contribution in [0, 0.1) is 5.82 Å². The third-order valence-corrected chi connectivity index (χ3v) is 2.42. The number of hydrogen-bond acceptors (Lipinski definition) is 4. The van der Waals surface area contributed by atoms with Crippen molar-refractivity contribution >= 4 is 5.82 Å². The minimum atomic E-state index is -0.401. The van der Waals surface area contributed by atoms with Crippen LogP contribution in [0.5, 0.6) is 0 Å². The Morgan fingerprint density at radius 1 is 1.11 bits per heavy atom. The van der Waals surface area contributed by atoms with Crippen molar-refractivity contribution in [3.63, 3.8) is 0 Å². The molecule has 0 saturated carbocycles. The molecular formula is C13H15FN4. The zero-order chi connectivity index (χ0) is 13.3. The molecule has 2 aromatic rings. The number of nitrogen functional groups attached to an aromatic ring is 1. The van der Waals surface area contributed by atoms with Crippen LogP contribution in [0.1, 0.15) is 26.6 Å². The molecule has 0 radical (unpaired) electrons. The summed E-state index contributed by atoms with van der Waals surface area (Å²) >= 11 is 0. The number of nitrogens with zero attached hydrogens (tertiary/aromatic N) is 3. The molecule has 0 spiro atoms. The van der Waals surface area contributed by atoms with Crippen LogP contribution in [0.2, 0.25) is 0 Å². The smallest absolute Gasteiger partial charge is 0.142 e. The molecule has 18 heavy (non-hydrogen) atoms. The molecule has 0 amide bonds. The third-order valence-electron chi connectivity index (χ3n) is 2.42. The van der Waals surface area contributed by atoms with Gasteiger partial charge in [0.1, 0.15) is 17.5 Å². The van der Waals surface area contributed by atoms with Gasteiger partial charge in [-0.15, -0.1) is 0 Å². The minimum absolute atomic E-state index is 0.217. The Kier molecular flexibility index (Phi) is 2.98. The molecule has 4 nitrogen and oxygen atoms in total. The Labute approximate surface area is 105 Å². The van der Waals surface area contributed by atoms with Gasteiger partial charge in [-0.05, 0) is 6.07 Å². The summed E-state index contributed by atoms with van der Waals surface area (Å²) in [5.41, 5.74) is 6.72. The maximum absolute atomic E-state index is 13.2. The molecule has 2 rings (SSSR count). The van der Waals surface area contributed by atoms with Gasteiger partial charge in [-0.25, -0.2) is 14.4 Å². The number of nitrogens with two attached hydrogens (primary N) is 1. The van der Waals surface area contributed by atoms with Gasteiger partial charge in [0, 0.05) is 23.2 Å². The van der Waals surface area contributed by atoms with Crippen LogP contribution in [0.15, 0.2) is 24.5 Å². The van der Waals surface area contributed by atoms with Crippen LogP contribution in [0.25, 0.3) is 11.3 Å². The standard InChI is InChI=1S/C13H15FN4/c1-13(2,3)12-17-10(5-11(15)18-12)8-4-9(14)7-16-6-8/h4-7H,1-3H3,(H2,15,17,18). The fraction of sp³-hybridized carbons (Fsp3) is 0.308. The topological polar surface area (TPSA) is 64.7 Å². The molecule has 0 fully saturated rings. The van der Waals surface area contributed by atoms with Gasteiger partial charge in [-0.2, -0.15) is 0 Å². The average molecular weight is 246 g/mol. The number of aromatic nitrogens is 3. The van der Waals surface area contributed by atoms with E-state index in [9.17, 15) is 4.39 Å². The second-order valence-electron chi connectivity index (χ2n) is 5.14. The van der Waals surface area contributed by atoms with Crippen LogP contribution in [0.4, 0.5) is 10.2 Å². The summed E-state index contributed by atoms with van der Waals surface area (Å²) in [5.74, 6) is 0.595. The lowest BCUT2D eigenvalue weighted by Crippen LogP contribution is -2.17. The largest absolute Gasteiger partial charge is 0.384 e. The van der Waals surface area contributed by atoms with E-state index < -0.39 is 5.82 Å². The molecule has 0 bridgehead atoms. The molecule has 94 valence electrons. The maximum Gasteiger partial charge on any atom is 0.142 e. The van der Waals surface area contributed by atoms with Crippen molar-refractivity contribution in [3.05, 3.63) is 36.2 Å². The lowest BCUT2D eigenvalue weighted by molar-refractivity contribution is 0.547. The van der Waals surface area contributed by atoms with Gasteiger partial charge < -0.3 is 5.73 Å². The van der Waals surface area contributed by atoms with E-state index in [0.717, 1.165) is 6.20 Å². The van der Waals surface area contributed by atoms with Crippen LogP contribution in [0.3, 0.4) is 0 Å². The van der Waals surface area contributed by atoms with E-state index in [4.69, 9.17) is 5.73 Å². The third kappa shape index (κ3) is 2.61. The van der Waals surface area contributed by atoms with E-state index in [1.165, 1.54) is 6.07 Å². The van der Waals surface area contributed by atoms with E-state index in [1.807, 2.05) is 20.8 Å². The summed E-state index contributed by atoms with van der Waals surface area (Å²) in [4.78, 5) is 12.4. The predicted molar refractivity (Wildman–Crippen MR) is 68.3 cm³/mol. The fourth-order valence-electron chi connectivity index (χ4n) is 1.50. The summed E-state index contributed by atoms with van der Waals surface area (Å²) in [5, 5.41) is 0. The number of pyridine rings is 1. The van der Waals surface area contributed by atoms with Gasteiger partial charge in [0.25, 0.3) is 0 Å². The lowest BCUT2D eigenvalue weighted by Gasteiger charge is -2.17. The highest BCUT2D eigenvalue weighted by Crippen LogP contribution is 2.24. The van der Waals surface area contributed by atoms with Gasteiger partial charge in [-0.3, -0.25) is 4.98 Å². The van der Waals surface area contributed by atoms with Gasteiger partial charge in [-0.1, -0.05) is 20.8 Å². The maximum atomic E-state index is 13.2. The molecule has 0 atom stereocenters. The van der Waals surface area contributed by atoms with Crippen molar-refractivity contribution in [2.45, 2.75) is 26.2 Å². The minimum Gasteiger partial charge on any atom is -0.384 e. The Morgan fingerprint density at radius 3 is 2.44 bits per heavy atom. The molecule has 0 aliphatic carbocycles. The normalized spacial score (nSPS) is 11.6. The van der Waals surface area contributed by atoms with Crippen molar-refractivity contribution in [3.8, 4) is 11.3 Å². The second-order valence-corrected chi connectivity index (χ2v) is 5.14. The molecule has 2 heterocycles. The first kappa shape index (κ1) is 12.4. The highest BCUT2D eigenvalue weighted by Gasteiger charge is 2.19. The molecule has 2 N–H and O–H groups in total. The van der Waals surface area contributed by atoms with Crippen molar-refractivity contribution in [1.82, 2.24) is 15.0 Å². The van der Waals surface area contributed by atoms with Crippen LogP contribution in [-0.2, 0) is 5.41 Å². The highest BCUT2D eigenvalue weighted by atomic mass is 19.1. The van der Waals surface area contributed by atoms with Crippen molar-refractivity contribution in [2.75, 3.05) is 5.73 Å². The first-order chi connectivity index (χ1) is 8.36. The summed E-state index contributed by atoms with van der Waals surface area (Å²) in [7, 11) is 0. The SMILES string of the molecule is CC(C)(C)c1nc(N)cc(-c2cncc(F)c2)n1. The molecule has 0 saturated heterocycles. The van der Waals surface area contributed by atoms with Crippen molar-refractivity contribution < 1.29 is 4.39 Å². The van der Waals surface area contributed by atoms with Crippen molar-refractivity contribution in [1.29, 1.82) is 0 Å². The molecular weight excluding hydrogens is 231 g/mol. The Morgan fingerprint density at radius 2 is 1.83 bits per heavy atom. The van der Waals surface area contributed by atoms with E-state index in [2.05, 4.69) is 15.0 Å². The highest BCUT2D eigenvalue weighted by molar-refractivity contribution is 5.60. The molecule has 2 aromatic heterocycles. The van der Waals surface area contributed by atoms with Crippen LogP contribution in [-0.4, -0.2) is 15.0 Å². The summed E-state index contributed by atoms with van der Waals surface area (Å²) in [6.45, 7) is 5.99. The van der Waals surface area contributed by atoms with Crippen LogP contribution < -0.4 is 5.73 Å². The van der Waals surface area contributed by atoms with Crippen LogP contribution >= 0.6 is 0 Å². The van der Waals surface area contributed by atoms with E-state index in [-0.39, 0.29) is 5.41 Å². The zero-order valence-corrected chi connectivity index (χ0v) is 10.6. The fourth-order valence-corrected chi connectivity index (χ4v) is 1.50. The zero-order valence-electron chi connectivity index (χ0n) is 10.6. The Hall–Kier alpha value is -2.04. The van der Waals surface area contributed by atoms with Gasteiger partial charge >= 0.3 is 0 Å².